The van der Waals surface area contributed by atoms with E-state index in [9.17, 15) is 0 Å². The number of thioether (sulfide) groups is 2. The van der Waals surface area contributed by atoms with Gasteiger partial charge >= 0.3 is 0 Å². The summed E-state index contributed by atoms with van der Waals surface area (Å²) in [6.07, 6.45) is 0.802. The van der Waals surface area contributed by atoms with Crippen molar-refractivity contribution < 1.29 is 4.52 Å². The number of hydrogen-bond acceptors (Lipinski definition) is 9. The van der Waals surface area contributed by atoms with E-state index in [-0.39, 0.29) is 0 Å². The number of hydrogen-bond donors (Lipinski definition) is 0. The zero-order chi connectivity index (χ0) is 20.2. The number of fused-ring (bicyclic) bond motifs is 1. The molecule has 1 aromatic carbocycles. The van der Waals surface area contributed by atoms with Crippen molar-refractivity contribution in [2.75, 3.05) is 0 Å². The topological polar surface area (TPSA) is 82.5 Å². The molecule has 0 unspecified atom stereocenters. The minimum atomic E-state index is 0.495. The van der Waals surface area contributed by atoms with Gasteiger partial charge in [-0.1, -0.05) is 54.7 Å². The lowest BCUT2D eigenvalue weighted by Crippen LogP contribution is -2.02. The van der Waals surface area contributed by atoms with Crippen LogP contribution < -0.4 is 0 Å². The van der Waals surface area contributed by atoms with Crippen LogP contribution in [-0.2, 0) is 24.5 Å². The Bertz CT molecular complexity index is 1050. The van der Waals surface area contributed by atoms with Crippen LogP contribution in [0.4, 0.5) is 0 Å². The first kappa shape index (κ1) is 20.4. The zero-order valence-corrected chi connectivity index (χ0v) is 19.0. The van der Waals surface area contributed by atoms with Crippen molar-refractivity contribution in [2.24, 2.45) is 5.92 Å². The molecule has 0 saturated carbocycles. The van der Waals surface area contributed by atoms with Crippen LogP contribution in [-0.4, -0.2) is 29.9 Å². The maximum atomic E-state index is 5.31. The van der Waals surface area contributed by atoms with Gasteiger partial charge in [-0.2, -0.15) is 4.98 Å². The molecule has 152 valence electrons. The maximum Gasteiger partial charge on any atom is 0.226 e. The molecule has 0 spiro atoms. The SMILES string of the molecule is CCn1c(CSc2nc3ccccc3s2)nnc1SCc1noc(CC(C)C)n1. The van der Waals surface area contributed by atoms with Gasteiger partial charge in [0.1, 0.15) is 5.82 Å². The van der Waals surface area contributed by atoms with Gasteiger partial charge in [-0.25, -0.2) is 4.98 Å². The maximum absolute atomic E-state index is 5.31. The number of rotatable bonds is 9. The van der Waals surface area contributed by atoms with Gasteiger partial charge in [-0.15, -0.1) is 21.5 Å². The number of thiazole rings is 1. The first-order valence-corrected chi connectivity index (χ1v) is 12.3. The summed E-state index contributed by atoms with van der Waals surface area (Å²) >= 11 is 5.00. The molecule has 0 radical (unpaired) electrons. The first-order valence-electron chi connectivity index (χ1n) is 9.47. The average Bonchev–Trinajstić information content (AvgIpc) is 3.41. The van der Waals surface area contributed by atoms with Crippen LogP contribution in [0.5, 0.6) is 0 Å². The van der Waals surface area contributed by atoms with E-state index in [0.717, 1.165) is 39.6 Å². The normalized spacial score (nSPS) is 11.7. The predicted molar refractivity (Wildman–Crippen MR) is 117 cm³/mol. The minimum absolute atomic E-state index is 0.495. The van der Waals surface area contributed by atoms with Crippen LogP contribution in [0.25, 0.3) is 10.2 Å². The zero-order valence-electron chi connectivity index (χ0n) is 16.5. The number of para-hydroxylation sites is 1. The van der Waals surface area contributed by atoms with Gasteiger partial charge in [-0.05, 0) is 25.0 Å². The third kappa shape index (κ3) is 4.99. The van der Waals surface area contributed by atoms with E-state index in [4.69, 9.17) is 4.52 Å². The second-order valence-corrected chi connectivity index (χ2v) is 10.1. The van der Waals surface area contributed by atoms with E-state index in [1.165, 1.54) is 4.70 Å². The molecule has 3 heterocycles. The third-order valence-electron chi connectivity index (χ3n) is 4.13. The van der Waals surface area contributed by atoms with Gasteiger partial charge in [0.05, 0.1) is 21.7 Å². The van der Waals surface area contributed by atoms with Crippen molar-refractivity contribution >= 4 is 45.1 Å². The minimum Gasteiger partial charge on any atom is -0.339 e. The van der Waals surface area contributed by atoms with Gasteiger partial charge in [0.15, 0.2) is 15.3 Å². The summed E-state index contributed by atoms with van der Waals surface area (Å²) in [5.74, 6) is 4.19. The Morgan fingerprint density at radius 2 is 1.97 bits per heavy atom. The lowest BCUT2D eigenvalue weighted by molar-refractivity contribution is 0.360. The summed E-state index contributed by atoms with van der Waals surface area (Å²) in [5, 5.41) is 13.7. The molecule has 0 N–H and O–H groups in total. The van der Waals surface area contributed by atoms with Crippen LogP contribution in [0.3, 0.4) is 0 Å². The molecule has 0 atom stereocenters. The van der Waals surface area contributed by atoms with Gasteiger partial charge in [0.2, 0.25) is 5.89 Å². The van der Waals surface area contributed by atoms with Gasteiger partial charge < -0.3 is 9.09 Å². The number of nitrogens with zero attached hydrogens (tertiary/aromatic N) is 6. The molecule has 0 aliphatic heterocycles. The highest BCUT2D eigenvalue weighted by Gasteiger charge is 2.15. The van der Waals surface area contributed by atoms with E-state index < -0.39 is 0 Å². The summed E-state index contributed by atoms with van der Waals surface area (Å²) in [5.41, 5.74) is 1.05. The fourth-order valence-electron chi connectivity index (χ4n) is 2.80. The van der Waals surface area contributed by atoms with E-state index >= 15 is 0 Å². The van der Waals surface area contributed by atoms with Gasteiger partial charge in [0, 0.05) is 13.0 Å². The van der Waals surface area contributed by atoms with Crippen LogP contribution in [0.15, 0.2) is 38.3 Å². The molecule has 4 rings (SSSR count). The number of aromatic nitrogens is 6. The van der Waals surface area contributed by atoms with Crippen LogP contribution in [0.2, 0.25) is 0 Å². The molecular formula is C19H22N6OS3. The van der Waals surface area contributed by atoms with E-state index in [1.807, 2.05) is 18.2 Å². The predicted octanol–water partition coefficient (Wildman–Crippen LogP) is 5.07. The molecule has 10 heteroatoms. The Labute approximate surface area is 181 Å². The standard InChI is InChI=1S/C19H22N6OS3/c1-4-25-16(11-28-19-20-13-7-5-6-8-14(13)29-19)22-23-18(25)27-10-15-21-17(26-24-15)9-12(2)3/h5-8,12H,4,9-11H2,1-3H3. The average molecular weight is 447 g/mol. The van der Waals surface area contributed by atoms with E-state index in [2.05, 4.69) is 56.7 Å². The van der Waals surface area contributed by atoms with Crippen molar-refractivity contribution in [3.8, 4) is 0 Å². The summed E-state index contributed by atoms with van der Waals surface area (Å²) in [6.45, 7) is 7.19. The van der Waals surface area contributed by atoms with Crippen molar-refractivity contribution in [1.82, 2.24) is 29.9 Å². The highest BCUT2D eigenvalue weighted by Crippen LogP contribution is 2.31. The van der Waals surface area contributed by atoms with Gasteiger partial charge in [0.25, 0.3) is 0 Å². The molecule has 3 aromatic heterocycles. The summed E-state index contributed by atoms with van der Waals surface area (Å²) < 4.78 is 9.71. The van der Waals surface area contributed by atoms with Crippen molar-refractivity contribution in [3.63, 3.8) is 0 Å². The second-order valence-electron chi connectivity index (χ2n) is 6.87. The molecule has 29 heavy (non-hydrogen) atoms. The Balaban J connectivity index is 1.39. The smallest absolute Gasteiger partial charge is 0.226 e. The largest absolute Gasteiger partial charge is 0.339 e. The molecule has 0 saturated heterocycles. The molecule has 0 amide bonds. The third-order valence-corrected chi connectivity index (χ3v) is 7.27. The molecule has 0 bridgehead atoms. The molecule has 0 aliphatic carbocycles. The quantitative estimate of drug-likeness (QED) is 0.329. The summed E-state index contributed by atoms with van der Waals surface area (Å²) in [7, 11) is 0. The Morgan fingerprint density at radius 1 is 1.10 bits per heavy atom. The van der Waals surface area contributed by atoms with Gasteiger partial charge in [-0.3, -0.25) is 0 Å². The molecule has 7 nitrogen and oxygen atoms in total. The van der Waals surface area contributed by atoms with E-state index in [0.29, 0.717) is 23.4 Å². The highest BCUT2D eigenvalue weighted by molar-refractivity contribution is 8.00. The second kappa shape index (κ2) is 9.27. The fourth-order valence-corrected chi connectivity index (χ4v) is 5.67. The first-order chi connectivity index (χ1) is 14.1. The van der Waals surface area contributed by atoms with Crippen molar-refractivity contribution in [1.29, 1.82) is 0 Å². The van der Waals surface area contributed by atoms with Crippen LogP contribution in [0.1, 0.15) is 38.3 Å². The lowest BCUT2D eigenvalue weighted by atomic mass is 10.1. The number of benzene rings is 1. The van der Waals surface area contributed by atoms with Crippen molar-refractivity contribution in [2.45, 2.75) is 54.7 Å². The van der Waals surface area contributed by atoms with Crippen molar-refractivity contribution in [3.05, 3.63) is 41.8 Å². The molecule has 0 aliphatic rings. The highest BCUT2D eigenvalue weighted by atomic mass is 32.2. The Hall–Kier alpha value is -1.91. The van der Waals surface area contributed by atoms with E-state index in [1.54, 1.807) is 34.9 Å². The summed E-state index contributed by atoms with van der Waals surface area (Å²) in [4.78, 5) is 9.14. The Morgan fingerprint density at radius 3 is 2.76 bits per heavy atom. The van der Waals surface area contributed by atoms with Crippen LogP contribution in [0, 0.1) is 5.92 Å². The Kier molecular flexibility index (Phi) is 6.51. The molecule has 4 aromatic rings. The monoisotopic (exact) mass is 446 g/mol. The molecule has 0 fully saturated rings. The molecular weight excluding hydrogens is 424 g/mol. The van der Waals surface area contributed by atoms with Crippen LogP contribution >= 0.6 is 34.9 Å². The lowest BCUT2D eigenvalue weighted by Gasteiger charge is -2.05. The fraction of sp³-hybridized carbons (Fsp3) is 0.421. The summed E-state index contributed by atoms with van der Waals surface area (Å²) in [6, 6.07) is 8.21.